The number of methoxy groups -OCH3 is 1. The van der Waals surface area contributed by atoms with E-state index < -0.39 is 0 Å². The second-order valence-electron chi connectivity index (χ2n) is 6.56. The molecule has 0 aromatic heterocycles. The summed E-state index contributed by atoms with van der Waals surface area (Å²) in [5.74, 6) is 0.759. The predicted molar refractivity (Wildman–Crippen MR) is 114 cm³/mol. The van der Waals surface area contributed by atoms with Gasteiger partial charge in [0, 0.05) is 23.0 Å². The number of hydrogen-bond acceptors (Lipinski definition) is 4. The van der Waals surface area contributed by atoms with Gasteiger partial charge in [0.2, 0.25) is 5.91 Å². The van der Waals surface area contributed by atoms with E-state index in [0.717, 1.165) is 43.0 Å². The molecule has 2 aromatic rings. The zero-order valence-electron chi connectivity index (χ0n) is 15.7. The van der Waals surface area contributed by atoms with Crippen LogP contribution < -0.4 is 10.1 Å². The van der Waals surface area contributed by atoms with Crippen molar-refractivity contribution in [1.82, 2.24) is 4.90 Å². The van der Waals surface area contributed by atoms with Crippen molar-refractivity contribution in [1.29, 1.82) is 0 Å². The second-order valence-corrected chi connectivity index (χ2v) is 8.04. The fourth-order valence-electron chi connectivity index (χ4n) is 3.08. The highest BCUT2D eigenvalue weighted by atomic mass is 35.5. The summed E-state index contributed by atoms with van der Waals surface area (Å²) < 4.78 is 5.13. The Bertz CT molecular complexity index is 836. The van der Waals surface area contributed by atoms with E-state index in [9.17, 15) is 9.59 Å². The molecule has 0 atom stereocenters. The monoisotopic (exact) mass is 418 g/mol. The minimum atomic E-state index is -0.184. The molecule has 1 N–H and O–H groups in total. The fourth-order valence-corrected chi connectivity index (χ4v) is 3.95. The van der Waals surface area contributed by atoms with Crippen LogP contribution in [0.2, 0.25) is 5.02 Å². The standard InChI is InChI=1S/C21H23ClN2O3S/c1-27-16-6-8-17(9-7-16)28-14-20(25)23-19-13-15(22)5-10-18(19)21(26)24-11-3-2-4-12-24/h5-10,13H,2-4,11-12,14H2,1H3,(H,23,25). The third-order valence-electron chi connectivity index (χ3n) is 4.56. The summed E-state index contributed by atoms with van der Waals surface area (Å²) in [6.45, 7) is 1.50. The molecule has 5 nitrogen and oxygen atoms in total. The van der Waals surface area contributed by atoms with Crippen LogP contribution in [0.1, 0.15) is 29.6 Å². The van der Waals surface area contributed by atoms with E-state index in [0.29, 0.717) is 16.3 Å². The first kappa shape index (κ1) is 20.6. The summed E-state index contributed by atoms with van der Waals surface area (Å²) in [4.78, 5) is 28.1. The minimum absolute atomic E-state index is 0.0607. The molecule has 28 heavy (non-hydrogen) atoms. The zero-order chi connectivity index (χ0) is 19.9. The number of nitrogens with zero attached hydrogens (tertiary/aromatic N) is 1. The van der Waals surface area contributed by atoms with Crippen LogP contribution in [0, 0.1) is 0 Å². The number of halogens is 1. The van der Waals surface area contributed by atoms with Gasteiger partial charge in [0.05, 0.1) is 24.1 Å². The number of likely N-dealkylation sites (tertiary alicyclic amines) is 1. The Hall–Kier alpha value is -2.18. The van der Waals surface area contributed by atoms with Crippen LogP contribution in [0.4, 0.5) is 5.69 Å². The molecule has 1 heterocycles. The van der Waals surface area contributed by atoms with Gasteiger partial charge in [-0.05, 0) is 61.7 Å². The quantitative estimate of drug-likeness (QED) is 0.690. The number of rotatable bonds is 6. The number of carbonyl (C=O) groups is 2. The smallest absolute Gasteiger partial charge is 0.255 e. The van der Waals surface area contributed by atoms with Crippen molar-refractivity contribution < 1.29 is 14.3 Å². The Labute approximate surface area is 174 Å². The molecule has 1 aliphatic heterocycles. The molecule has 0 unspecified atom stereocenters. The van der Waals surface area contributed by atoms with Crippen molar-refractivity contribution >= 4 is 40.9 Å². The van der Waals surface area contributed by atoms with Crippen molar-refractivity contribution in [3.63, 3.8) is 0 Å². The lowest BCUT2D eigenvalue weighted by atomic mass is 10.1. The molecule has 0 radical (unpaired) electrons. The molecule has 0 spiro atoms. The third kappa shape index (κ3) is 5.42. The summed E-state index contributed by atoms with van der Waals surface area (Å²) in [5, 5.41) is 3.33. The number of anilines is 1. The molecule has 2 amide bonds. The van der Waals surface area contributed by atoms with Crippen molar-refractivity contribution in [2.24, 2.45) is 0 Å². The molecular weight excluding hydrogens is 396 g/mol. The van der Waals surface area contributed by atoms with Crippen LogP contribution in [0.25, 0.3) is 0 Å². The lowest BCUT2D eigenvalue weighted by Gasteiger charge is -2.27. The molecule has 0 bridgehead atoms. The highest BCUT2D eigenvalue weighted by Gasteiger charge is 2.21. The van der Waals surface area contributed by atoms with Gasteiger partial charge in [-0.3, -0.25) is 9.59 Å². The van der Waals surface area contributed by atoms with E-state index in [2.05, 4.69) is 5.32 Å². The number of benzene rings is 2. The van der Waals surface area contributed by atoms with Crippen LogP contribution in [0.15, 0.2) is 47.4 Å². The van der Waals surface area contributed by atoms with Crippen molar-refractivity contribution in [3.05, 3.63) is 53.1 Å². The number of piperidine rings is 1. The van der Waals surface area contributed by atoms with E-state index in [1.165, 1.54) is 11.8 Å². The largest absolute Gasteiger partial charge is 0.497 e. The van der Waals surface area contributed by atoms with E-state index >= 15 is 0 Å². The van der Waals surface area contributed by atoms with Crippen LogP contribution in [-0.2, 0) is 4.79 Å². The van der Waals surface area contributed by atoms with Gasteiger partial charge >= 0.3 is 0 Å². The lowest BCUT2D eigenvalue weighted by molar-refractivity contribution is -0.113. The van der Waals surface area contributed by atoms with E-state index in [4.69, 9.17) is 16.3 Å². The summed E-state index contributed by atoms with van der Waals surface area (Å²) in [5.41, 5.74) is 0.942. The Morgan fingerprint density at radius 3 is 2.50 bits per heavy atom. The highest BCUT2D eigenvalue weighted by molar-refractivity contribution is 8.00. The van der Waals surface area contributed by atoms with Crippen LogP contribution in [-0.4, -0.2) is 42.7 Å². The summed E-state index contributed by atoms with van der Waals surface area (Å²) in [6, 6.07) is 12.5. The minimum Gasteiger partial charge on any atom is -0.497 e. The van der Waals surface area contributed by atoms with Gasteiger partial charge in [-0.1, -0.05) is 11.6 Å². The molecule has 2 aromatic carbocycles. The average Bonchev–Trinajstić information content (AvgIpc) is 2.73. The summed E-state index contributed by atoms with van der Waals surface area (Å²) in [7, 11) is 1.61. The van der Waals surface area contributed by atoms with Gasteiger partial charge in [0.1, 0.15) is 5.75 Å². The Morgan fingerprint density at radius 2 is 1.82 bits per heavy atom. The molecule has 3 rings (SSSR count). The molecule has 1 saturated heterocycles. The molecule has 0 aliphatic carbocycles. The number of carbonyl (C=O) groups excluding carboxylic acids is 2. The highest BCUT2D eigenvalue weighted by Crippen LogP contribution is 2.25. The molecule has 1 fully saturated rings. The first-order chi connectivity index (χ1) is 13.6. The van der Waals surface area contributed by atoms with Gasteiger partial charge in [-0.15, -0.1) is 11.8 Å². The first-order valence-electron chi connectivity index (χ1n) is 9.22. The topological polar surface area (TPSA) is 58.6 Å². The Balaban J connectivity index is 1.65. The van der Waals surface area contributed by atoms with Gasteiger partial charge in [-0.25, -0.2) is 0 Å². The number of hydrogen-bond donors (Lipinski definition) is 1. The van der Waals surface area contributed by atoms with Crippen molar-refractivity contribution in [2.75, 3.05) is 31.3 Å². The molecule has 7 heteroatoms. The maximum atomic E-state index is 12.9. The summed E-state index contributed by atoms with van der Waals surface area (Å²) in [6.07, 6.45) is 3.18. The maximum absolute atomic E-state index is 12.9. The van der Waals surface area contributed by atoms with Crippen LogP contribution in [0.3, 0.4) is 0 Å². The van der Waals surface area contributed by atoms with Gasteiger partial charge < -0.3 is 15.0 Å². The fraction of sp³-hybridized carbons (Fsp3) is 0.333. The first-order valence-corrected chi connectivity index (χ1v) is 10.6. The molecule has 0 saturated carbocycles. The normalized spacial score (nSPS) is 13.9. The zero-order valence-corrected chi connectivity index (χ0v) is 17.3. The number of ether oxygens (including phenoxy) is 1. The van der Waals surface area contributed by atoms with Gasteiger partial charge in [0.25, 0.3) is 5.91 Å². The maximum Gasteiger partial charge on any atom is 0.255 e. The van der Waals surface area contributed by atoms with Gasteiger partial charge in [0.15, 0.2) is 0 Å². The summed E-state index contributed by atoms with van der Waals surface area (Å²) >= 11 is 7.52. The van der Waals surface area contributed by atoms with Crippen LogP contribution >= 0.6 is 23.4 Å². The van der Waals surface area contributed by atoms with E-state index in [-0.39, 0.29) is 17.6 Å². The Morgan fingerprint density at radius 1 is 1.11 bits per heavy atom. The van der Waals surface area contributed by atoms with Crippen molar-refractivity contribution in [3.8, 4) is 5.75 Å². The third-order valence-corrected chi connectivity index (χ3v) is 5.81. The lowest BCUT2D eigenvalue weighted by Crippen LogP contribution is -2.36. The van der Waals surface area contributed by atoms with Crippen molar-refractivity contribution in [2.45, 2.75) is 24.2 Å². The SMILES string of the molecule is COc1ccc(SCC(=O)Nc2cc(Cl)ccc2C(=O)N2CCCCC2)cc1. The number of nitrogens with one attached hydrogen (secondary N) is 1. The Kier molecular flexibility index (Phi) is 7.23. The van der Waals surface area contributed by atoms with Crippen LogP contribution in [0.5, 0.6) is 5.75 Å². The molecule has 148 valence electrons. The van der Waals surface area contributed by atoms with E-state index in [1.54, 1.807) is 25.3 Å². The predicted octanol–water partition coefficient (Wildman–Crippen LogP) is 4.71. The number of thioether (sulfide) groups is 1. The van der Waals surface area contributed by atoms with Gasteiger partial charge in [-0.2, -0.15) is 0 Å². The number of amides is 2. The van der Waals surface area contributed by atoms with E-state index in [1.807, 2.05) is 29.2 Å². The second kappa shape index (κ2) is 9.85. The molecular formula is C21H23ClN2O3S. The average molecular weight is 419 g/mol. The molecule has 1 aliphatic rings.